The zero-order valence-corrected chi connectivity index (χ0v) is 8.10. The Morgan fingerprint density at radius 1 is 1.00 bits per heavy atom. The molecule has 0 fully saturated rings. The van der Waals surface area contributed by atoms with E-state index in [4.69, 9.17) is 4.42 Å². The number of rotatable bonds is 1. The summed E-state index contributed by atoms with van der Waals surface area (Å²) in [4.78, 5) is 0. The van der Waals surface area contributed by atoms with Crippen molar-refractivity contribution in [3.63, 3.8) is 0 Å². The average molecular weight is 193 g/mol. The molecule has 1 radical (unpaired) electrons. The lowest BCUT2D eigenvalue weighted by Crippen LogP contribution is -1.73. The van der Waals surface area contributed by atoms with Crippen LogP contribution >= 0.6 is 0 Å². The zero-order valence-electron chi connectivity index (χ0n) is 8.10. The highest BCUT2D eigenvalue weighted by Gasteiger charge is 2.06. The van der Waals surface area contributed by atoms with Crippen molar-refractivity contribution in [2.75, 3.05) is 0 Å². The molecule has 0 bridgehead atoms. The summed E-state index contributed by atoms with van der Waals surface area (Å²) in [7, 11) is 0. The molecule has 2 aromatic carbocycles. The SMILES string of the molecule is [c]1cccc(-c2occ3ccccc23)c1. The molecule has 0 aliphatic heterocycles. The van der Waals surface area contributed by atoms with Crippen molar-refractivity contribution in [1.82, 2.24) is 0 Å². The molecule has 15 heavy (non-hydrogen) atoms. The first-order valence-corrected chi connectivity index (χ1v) is 4.88. The molecular weight excluding hydrogens is 184 g/mol. The van der Waals surface area contributed by atoms with E-state index in [1.54, 1.807) is 6.26 Å². The van der Waals surface area contributed by atoms with Gasteiger partial charge in [0.25, 0.3) is 0 Å². The van der Waals surface area contributed by atoms with Crippen molar-refractivity contribution in [2.45, 2.75) is 0 Å². The Hall–Kier alpha value is -2.02. The summed E-state index contributed by atoms with van der Waals surface area (Å²) < 4.78 is 5.58. The van der Waals surface area contributed by atoms with Gasteiger partial charge in [-0.3, -0.25) is 0 Å². The first kappa shape index (κ1) is 8.30. The van der Waals surface area contributed by atoms with Gasteiger partial charge >= 0.3 is 0 Å². The Morgan fingerprint density at radius 2 is 1.93 bits per heavy atom. The molecule has 3 rings (SSSR count). The molecule has 0 saturated carbocycles. The Kier molecular flexibility index (Phi) is 1.82. The molecule has 0 amide bonds. The van der Waals surface area contributed by atoms with E-state index >= 15 is 0 Å². The average Bonchev–Trinajstić information content (AvgIpc) is 2.74. The largest absolute Gasteiger partial charge is 0.463 e. The predicted molar refractivity (Wildman–Crippen MR) is 60.5 cm³/mol. The molecule has 1 aromatic heterocycles. The summed E-state index contributed by atoms with van der Waals surface area (Å²) in [6.07, 6.45) is 1.79. The van der Waals surface area contributed by atoms with Gasteiger partial charge < -0.3 is 4.42 Å². The maximum atomic E-state index is 5.58. The first-order valence-electron chi connectivity index (χ1n) is 4.88. The molecule has 0 aliphatic rings. The van der Waals surface area contributed by atoms with Crippen LogP contribution in [-0.2, 0) is 0 Å². The molecule has 0 aliphatic carbocycles. The van der Waals surface area contributed by atoms with Gasteiger partial charge in [-0.25, -0.2) is 0 Å². The lowest BCUT2D eigenvalue weighted by atomic mass is 10.1. The van der Waals surface area contributed by atoms with E-state index in [1.807, 2.05) is 36.4 Å². The number of benzene rings is 2. The Balaban J connectivity index is 2.28. The topological polar surface area (TPSA) is 13.1 Å². The number of furan rings is 1. The van der Waals surface area contributed by atoms with Crippen LogP contribution in [0.2, 0.25) is 0 Å². The van der Waals surface area contributed by atoms with Crippen LogP contribution in [0.3, 0.4) is 0 Å². The predicted octanol–water partition coefficient (Wildman–Crippen LogP) is 3.90. The third-order valence-electron chi connectivity index (χ3n) is 2.48. The lowest BCUT2D eigenvalue weighted by molar-refractivity contribution is 0.587. The Morgan fingerprint density at radius 3 is 2.80 bits per heavy atom. The van der Waals surface area contributed by atoms with E-state index in [1.165, 1.54) is 0 Å². The third-order valence-corrected chi connectivity index (χ3v) is 2.48. The molecule has 3 aromatic rings. The molecule has 1 nitrogen and oxygen atoms in total. The van der Waals surface area contributed by atoms with E-state index in [0.29, 0.717) is 0 Å². The van der Waals surface area contributed by atoms with E-state index < -0.39 is 0 Å². The highest BCUT2D eigenvalue weighted by Crippen LogP contribution is 2.29. The van der Waals surface area contributed by atoms with Gasteiger partial charge in [0.1, 0.15) is 5.76 Å². The molecule has 71 valence electrons. The standard InChI is InChI=1S/C14H9O/c1-2-6-11(7-3-1)14-13-9-5-4-8-12(13)10-15-14/h1-2,4-10H. The van der Waals surface area contributed by atoms with Gasteiger partial charge in [0.2, 0.25) is 0 Å². The van der Waals surface area contributed by atoms with Crippen LogP contribution in [0.5, 0.6) is 0 Å². The fourth-order valence-corrected chi connectivity index (χ4v) is 1.75. The smallest absolute Gasteiger partial charge is 0.141 e. The van der Waals surface area contributed by atoms with Crippen molar-refractivity contribution in [3.8, 4) is 11.3 Å². The molecular formula is C14H9O. The lowest BCUT2D eigenvalue weighted by Gasteiger charge is -1.96. The second kappa shape index (κ2) is 3.28. The highest BCUT2D eigenvalue weighted by atomic mass is 16.3. The quantitative estimate of drug-likeness (QED) is 0.571. The van der Waals surface area contributed by atoms with Crippen LogP contribution in [0.4, 0.5) is 0 Å². The molecule has 0 N–H and O–H groups in total. The van der Waals surface area contributed by atoms with Gasteiger partial charge in [-0.15, -0.1) is 0 Å². The fourth-order valence-electron chi connectivity index (χ4n) is 1.75. The van der Waals surface area contributed by atoms with E-state index in [9.17, 15) is 0 Å². The van der Waals surface area contributed by atoms with Crippen molar-refractivity contribution in [3.05, 3.63) is 60.9 Å². The molecule has 0 unspecified atom stereocenters. The van der Waals surface area contributed by atoms with Gasteiger partial charge in [-0.05, 0) is 12.1 Å². The van der Waals surface area contributed by atoms with Crippen molar-refractivity contribution < 1.29 is 4.42 Å². The second-order valence-electron chi connectivity index (χ2n) is 3.44. The summed E-state index contributed by atoms with van der Waals surface area (Å²) >= 11 is 0. The number of hydrogen-bond acceptors (Lipinski definition) is 1. The highest BCUT2D eigenvalue weighted by molar-refractivity contribution is 5.93. The number of hydrogen-bond donors (Lipinski definition) is 0. The molecule has 1 heteroatoms. The van der Waals surface area contributed by atoms with E-state index in [-0.39, 0.29) is 0 Å². The maximum Gasteiger partial charge on any atom is 0.141 e. The minimum absolute atomic E-state index is 0.919. The summed E-state index contributed by atoms with van der Waals surface area (Å²) in [6.45, 7) is 0. The second-order valence-corrected chi connectivity index (χ2v) is 3.44. The molecule has 0 spiro atoms. The normalized spacial score (nSPS) is 10.7. The zero-order chi connectivity index (χ0) is 10.1. The Bertz CT molecular complexity index is 578. The van der Waals surface area contributed by atoms with Crippen molar-refractivity contribution in [1.29, 1.82) is 0 Å². The molecule has 1 heterocycles. The third kappa shape index (κ3) is 1.33. The minimum Gasteiger partial charge on any atom is -0.463 e. The minimum atomic E-state index is 0.919. The van der Waals surface area contributed by atoms with Crippen LogP contribution in [0, 0.1) is 6.07 Å². The van der Waals surface area contributed by atoms with Crippen molar-refractivity contribution in [2.24, 2.45) is 0 Å². The summed E-state index contributed by atoms with van der Waals surface area (Å²) in [6, 6.07) is 19.0. The van der Waals surface area contributed by atoms with Crippen LogP contribution in [-0.4, -0.2) is 0 Å². The van der Waals surface area contributed by atoms with Gasteiger partial charge in [-0.2, -0.15) is 0 Å². The fraction of sp³-hybridized carbons (Fsp3) is 0. The van der Waals surface area contributed by atoms with Crippen LogP contribution in [0.25, 0.3) is 22.1 Å². The first-order chi connectivity index (χ1) is 7.45. The summed E-state index contributed by atoms with van der Waals surface area (Å²) in [5.74, 6) is 0.919. The maximum absolute atomic E-state index is 5.58. The van der Waals surface area contributed by atoms with Crippen LogP contribution < -0.4 is 0 Å². The van der Waals surface area contributed by atoms with Gasteiger partial charge in [0.05, 0.1) is 6.26 Å². The van der Waals surface area contributed by atoms with Crippen molar-refractivity contribution >= 4 is 10.8 Å². The summed E-state index contributed by atoms with van der Waals surface area (Å²) in [5, 5.41) is 2.29. The van der Waals surface area contributed by atoms with Gasteiger partial charge in [0.15, 0.2) is 0 Å². The van der Waals surface area contributed by atoms with Crippen LogP contribution in [0.1, 0.15) is 0 Å². The van der Waals surface area contributed by atoms with Gasteiger partial charge in [0, 0.05) is 16.3 Å². The molecule has 0 atom stereocenters. The molecule has 0 saturated heterocycles. The van der Waals surface area contributed by atoms with E-state index in [0.717, 1.165) is 22.1 Å². The van der Waals surface area contributed by atoms with E-state index in [2.05, 4.69) is 18.2 Å². The summed E-state index contributed by atoms with van der Waals surface area (Å²) in [5.41, 5.74) is 1.07. The monoisotopic (exact) mass is 193 g/mol. The van der Waals surface area contributed by atoms with Gasteiger partial charge in [-0.1, -0.05) is 42.5 Å². The number of fused-ring (bicyclic) bond motifs is 1. The van der Waals surface area contributed by atoms with Crippen LogP contribution in [0.15, 0.2) is 59.2 Å². The Labute approximate surface area is 88.0 Å².